The summed E-state index contributed by atoms with van der Waals surface area (Å²) in [6.07, 6.45) is -3.07. The average Bonchev–Trinajstić information content (AvgIpc) is 2.67. The number of nitrogens with zero attached hydrogens (tertiary/aromatic N) is 3. The van der Waals surface area contributed by atoms with Crippen LogP contribution >= 0.6 is 0 Å². The third-order valence-corrected chi connectivity index (χ3v) is 4.86. The highest BCUT2D eigenvalue weighted by molar-refractivity contribution is 5.82. The van der Waals surface area contributed by atoms with Crippen LogP contribution in [0.15, 0.2) is 30.5 Å². The summed E-state index contributed by atoms with van der Waals surface area (Å²) in [5, 5.41) is 2.05. The van der Waals surface area contributed by atoms with Crippen molar-refractivity contribution in [3.8, 4) is 5.75 Å². The third-order valence-electron chi connectivity index (χ3n) is 4.86. The molecular weight excluding hydrogens is 392 g/mol. The zero-order chi connectivity index (χ0) is 21.2. The van der Waals surface area contributed by atoms with E-state index in [4.69, 9.17) is 4.74 Å². The fourth-order valence-corrected chi connectivity index (χ4v) is 3.43. The van der Waals surface area contributed by atoms with E-state index in [0.717, 1.165) is 0 Å². The second kappa shape index (κ2) is 8.22. The van der Waals surface area contributed by atoms with Crippen molar-refractivity contribution in [2.24, 2.45) is 0 Å². The molecule has 3 rings (SSSR count). The highest BCUT2D eigenvalue weighted by Gasteiger charge is 2.42. The van der Waals surface area contributed by atoms with Crippen LogP contribution in [-0.2, 0) is 4.79 Å². The molecule has 156 valence electrons. The molecule has 0 aliphatic carbocycles. The molecule has 1 amide bonds. The van der Waals surface area contributed by atoms with Gasteiger partial charge in [0.15, 0.2) is 11.6 Å². The molecule has 2 unspecified atom stereocenters. The Labute approximate surface area is 164 Å². The molecule has 0 spiro atoms. The minimum absolute atomic E-state index is 0.0372. The number of halogens is 4. The zero-order valence-electron chi connectivity index (χ0n) is 15.8. The molecule has 1 aliphatic heterocycles. The second-order valence-electron chi connectivity index (χ2n) is 6.81. The number of piperidine rings is 1. The smallest absolute Gasteiger partial charge is 0.471 e. The zero-order valence-corrected chi connectivity index (χ0v) is 15.8. The van der Waals surface area contributed by atoms with Gasteiger partial charge in [-0.15, -0.1) is 0 Å². The van der Waals surface area contributed by atoms with Gasteiger partial charge in [0, 0.05) is 30.9 Å². The minimum atomic E-state index is -5.02. The molecule has 0 bridgehead atoms. The maximum atomic E-state index is 14.1. The van der Waals surface area contributed by atoms with Crippen molar-refractivity contribution in [3.63, 3.8) is 0 Å². The van der Waals surface area contributed by atoms with Gasteiger partial charge in [-0.2, -0.15) is 13.2 Å². The maximum Gasteiger partial charge on any atom is 0.471 e. The number of rotatable bonds is 4. The Morgan fingerprint density at radius 3 is 2.69 bits per heavy atom. The van der Waals surface area contributed by atoms with E-state index in [-0.39, 0.29) is 12.3 Å². The normalized spacial score (nSPS) is 19.7. The highest BCUT2D eigenvalue weighted by Crippen LogP contribution is 2.32. The number of hydrogen-bond acceptors (Lipinski definition) is 5. The lowest BCUT2D eigenvalue weighted by atomic mass is 9.85. The largest absolute Gasteiger partial charge is 0.494 e. The Morgan fingerprint density at radius 1 is 1.31 bits per heavy atom. The number of benzene rings is 1. The lowest BCUT2D eigenvalue weighted by Gasteiger charge is -2.39. The van der Waals surface area contributed by atoms with E-state index in [9.17, 15) is 22.4 Å². The van der Waals surface area contributed by atoms with Crippen molar-refractivity contribution >= 4 is 11.9 Å². The molecule has 29 heavy (non-hydrogen) atoms. The number of carbonyl (C=O) groups is 1. The predicted octanol–water partition coefficient (Wildman–Crippen LogP) is 2.97. The Hall–Kier alpha value is -2.91. The molecule has 0 saturated carbocycles. The van der Waals surface area contributed by atoms with Crippen molar-refractivity contribution in [1.29, 1.82) is 0 Å². The molecule has 2 aromatic rings. The van der Waals surface area contributed by atoms with Gasteiger partial charge in [-0.3, -0.25) is 4.79 Å². The highest BCUT2D eigenvalue weighted by atomic mass is 19.4. The molecule has 2 atom stereocenters. The monoisotopic (exact) mass is 412 g/mol. The van der Waals surface area contributed by atoms with E-state index in [2.05, 4.69) is 15.3 Å². The van der Waals surface area contributed by atoms with Gasteiger partial charge in [0.05, 0.1) is 13.2 Å². The third kappa shape index (κ3) is 4.75. The summed E-state index contributed by atoms with van der Waals surface area (Å²) in [7, 11) is 1.32. The van der Waals surface area contributed by atoms with Gasteiger partial charge < -0.3 is 15.0 Å². The number of ether oxygens (including phenoxy) is 1. The number of aryl methyl sites for hydroxylation is 1. The van der Waals surface area contributed by atoms with Gasteiger partial charge in [-0.25, -0.2) is 14.4 Å². The quantitative estimate of drug-likeness (QED) is 0.783. The summed E-state index contributed by atoms with van der Waals surface area (Å²) in [6, 6.07) is 5.05. The van der Waals surface area contributed by atoms with Crippen molar-refractivity contribution < 1.29 is 27.1 Å². The lowest BCUT2D eigenvalue weighted by molar-refractivity contribution is -0.174. The van der Waals surface area contributed by atoms with Crippen molar-refractivity contribution in [3.05, 3.63) is 47.5 Å². The first-order valence-electron chi connectivity index (χ1n) is 8.94. The number of alkyl halides is 3. The summed E-state index contributed by atoms with van der Waals surface area (Å²) in [5.74, 6) is -2.75. The van der Waals surface area contributed by atoms with Crippen LogP contribution < -0.4 is 15.0 Å². The van der Waals surface area contributed by atoms with Gasteiger partial charge in [0.1, 0.15) is 0 Å². The number of anilines is 1. The fourth-order valence-electron chi connectivity index (χ4n) is 3.43. The first-order valence-corrected chi connectivity index (χ1v) is 8.94. The maximum absolute atomic E-state index is 14.1. The second-order valence-corrected chi connectivity index (χ2v) is 6.81. The number of methoxy groups -OCH3 is 1. The molecule has 1 N–H and O–H groups in total. The van der Waals surface area contributed by atoms with Crippen LogP contribution in [-0.4, -0.2) is 48.3 Å². The molecule has 1 saturated heterocycles. The van der Waals surface area contributed by atoms with E-state index in [1.807, 2.05) is 0 Å². The van der Waals surface area contributed by atoms with Crippen LogP contribution in [0.25, 0.3) is 0 Å². The molecule has 6 nitrogen and oxygen atoms in total. The van der Waals surface area contributed by atoms with Gasteiger partial charge in [-0.05, 0) is 37.1 Å². The molecule has 1 fully saturated rings. The van der Waals surface area contributed by atoms with E-state index >= 15 is 0 Å². The SMILES string of the molecule is COc1ccc(C2CCN(c3nccc(C)n3)CC2NC(=O)C(F)(F)F)cc1F. The first-order chi connectivity index (χ1) is 13.7. The Kier molecular flexibility index (Phi) is 5.90. The predicted molar refractivity (Wildman–Crippen MR) is 97.3 cm³/mol. The summed E-state index contributed by atoms with van der Waals surface area (Å²) < 4.78 is 57.6. The van der Waals surface area contributed by atoms with E-state index < -0.39 is 29.9 Å². The van der Waals surface area contributed by atoms with Crippen LogP contribution in [0.3, 0.4) is 0 Å². The average molecular weight is 412 g/mol. The van der Waals surface area contributed by atoms with Crippen LogP contribution in [0, 0.1) is 12.7 Å². The summed E-state index contributed by atoms with van der Waals surface area (Å²) in [5.41, 5.74) is 1.20. The Morgan fingerprint density at radius 2 is 2.07 bits per heavy atom. The van der Waals surface area contributed by atoms with E-state index in [1.165, 1.54) is 19.2 Å². The summed E-state index contributed by atoms with van der Waals surface area (Å²) in [4.78, 5) is 21.8. The number of hydrogen-bond donors (Lipinski definition) is 1. The van der Waals surface area contributed by atoms with Gasteiger partial charge in [0.2, 0.25) is 5.95 Å². The summed E-state index contributed by atoms with van der Waals surface area (Å²) in [6.45, 7) is 2.28. The van der Waals surface area contributed by atoms with Gasteiger partial charge >= 0.3 is 12.1 Å². The van der Waals surface area contributed by atoms with Crippen LogP contribution in [0.1, 0.15) is 23.6 Å². The lowest BCUT2D eigenvalue weighted by Crippen LogP contribution is -2.54. The molecule has 1 aromatic carbocycles. The number of aromatic nitrogens is 2. The number of amides is 1. The molecule has 2 heterocycles. The van der Waals surface area contributed by atoms with Crippen molar-refractivity contribution in [1.82, 2.24) is 15.3 Å². The Balaban J connectivity index is 1.89. The number of nitrogens with one attached hydrogen (secondary N) is 1. The van der Waals surface area contributed by atoms with Crippen LogP contribution in [0.5, 0.6) is 5.75 Å². The van der Waals surface area contributed by atoms with Crippen molar-refractivity contribution in [2.45, 2.75) is 31.5 Å². The summed E-state index contributed by atoms with van der Waals surface area (Å²) >= 11 is 0. The molecular formula is C19H20F4N4O2. The first kappa shape index (κ1) is 20.8. The van der Waals surface area contributed by atoms with Gasteiger partial charge in [0.25, 0.3) is 0 Å². The van der Waals surface area contributed by atoms with E-state index in [1.54, 1.807) is 30.2 Å². The molecule has 1 aromatic heterocycles. The number of carbonyl (C=O) groups excluding carboxylic acids is 1. The van der Waals surface area contributed by atoms with Gasteiger partial charge in [-0.1, -0.05) is 6.07 Å². The van der Waals surface area contributed by atoms with Crippen LogP contribution in [0.2, 0.25) is 0 Å². The fraction of sp³-hybridized carbons (Fsp3) is 0.421. The molecule has 1 aliphatic rings. The topological polar surface area (TPSA) is 67.3 Å². The Bertz CT molecular complexity index is 891. The minimum Gasteiger partial charge on any atom is -0.494 e. The van der Waals surface area contributed by atoms with E-state index in [0.29, 0.717) is 30.2 Å². The van der Waals surface area contributed by atoms with Crippen LogP contribution in [0.4, 0.5) is 23.5 Å². The molecule has 10 heteroatoms. The molecule has 0 radical (unpaired) electrons. The van der Waals surface area contributed by atoms with Crippen molar-refractivity contribution in [2.75, 3.05) is 25.1 Å². The standard InChI is InChI=1S/C19H20F4N4O2/c1-11-5-7-24-18(25-11)27-8-6-13(12-3-4-16(29-2)14(20)9-12)15(10-27)26-17(28)19(21,22)23/h3-5,7,9,13,15H,6,8,10H2,1-2H3,(H,26,28).